The molecule has 0 amide bonds. The minimum Gasteiger partial charge on any atom is -0.282 e. The predicted molar refractivity (Wildman–Crippen MR) is 83.1 cm³/mol. The average molecular weight is 349 g/mol. The zero-order chi connectivity index (χ0) is 17.3. The highest BCUT2D eigenvalue weighted by Crippen LogP contribution is 2.25. The zero-order valence-electron chi connectivity index (χ0n) is 12.0. The van der Waals surface area contributed by atoms with E-state index in [-0.39, 0.29) is 16.1 Å². The molecule has 0 spiro atoms. The average Bonchev–Trinajstić information content (AvgIpc) is 2.55. The molecule has 9 heteroatoms. The highest BCUT2D eigenvalue weighted by Gasteiger charge is 2.37. The molecule has 0 atom stereocenters. The zero-order valence-corrected chi connectivity index (χ0v) is 12.8. The van der Waals surface area contributed by atoms with E-state index in [4.69, 9.17) is 10.8 Å². The second-order valence-electron chi connectivity index (χ2n) is 4.71. The Bertz CT molecular complexity index is 966. The van der Waals surface area contributed by atoms with E-state index in [1.165, 1.54) is 18.2 Å². The van der Waals surface area contributed by atoms with Crippen LogP contribution in [0, 0.1) is 10.8 Å². The van der Waals surface area contributed by atoms with Gasteiger partial charge in [0.05, 0.1) is 11.0 Å². The first-order valence-electron chi connectivity index (χ1n) is 6.69. The molecular weight excluding hydrogens is 339 g/mol. The van der Waals surface area contributed by atoms with Crippen molar-refractivity contribution in [1.29, 1.82) is 10.8 Å². The Hall–Kier alpha value is -2.68. The van der Waals surface area contributed by atoms with E-state index >= 15 is 0 Å². The molecule has 0 saturated heterocycles. The molecule has 122 valence electrons. The molecule has 5 nitrogen and oxygen atoms in total. The van der Waals surface area contributed by atoms with Gasteiger partial charge >= 0.3 is 6.18 Å². The van der Waals surface area contributed by atoms with Crippen LogP contribution in [0.15, 0.2) is 58.7 Å². The summed E-state index contributed by atoms with van der Waals surface area (Å²) in [6.45, 7) is 0. The molecule has 0 bridgehead atoms. The van der Waals surface area contributed by atoms with Gasteiger partial charge in [0.15, 0.2) is 5.49 Å². The van der Waals surface area contributed by atoms with Gasteiger partial charge in [0.2, 0.25) is 5.84 Å². The smallest absolute Gasteiger partial charge is 0.282 e. The summed E-state index contributed by atoms with van der Waals surface area (Å²) in [4.78, 5) is 8.32. The molecule has 24 heavy (non-hydrogen) atoms. The lowest BCUT2D eigenvalue weighted by Crippen LogP contribution is -2.38. The summed E-state index contributed by atoms with van der Waals surface area (Å²) in [7, 11) is 0. The van der Waals surface area contributed by atoms with Crippen LogP contribution < -0.4 is 5.49 Å². The van der Waals surface area contributed by atoms with Crippen LogP contribution in [0.1, 0.15) is 0 Å². The van der Waals surface area contributed by atoms with Crippen molar-refractivity contribution in [2.75, 3.05) is 0 Å². The Balaban J connectivity index is 2.24. The quantitative estimate of drug-likeness (QED) is 0.549. The Kier molecular flexibility index (Phi) is 4.10. The summed E-state index contributed by atoms with van der Waals surface area (Å²) in [5.41, 5.74) is -0.192. The number of halogens is 3. The van der Waals surface area contributed by atoms with Gasteiger partial charge in [0.1, 0.15) is 10.1 Å². The van der Waals surface area contributed by atoms with Gasteiger partial charge in [0.25, 0.3) is 0 Å². The van der Waals surface area contributed by atoms with Crippen molar-refractivity contribution in [2.45, 2.75) is 16.2 Å². The third kappa shape index (κ3) is 3.02. The molecule has 0 radical (unpaired) electrons. The van der Waals surface area contributed by atoms with Crippen LogP contribution in [-0.2, 0) is 0 Å². The van der Waals surface area contributed by atoms with Crippen LogP contribution in [0.3, 0.4) is 0 Å². The Morgan fingerprint density at radius 3 is 2.46 bits per heavy atom. The Morgan fingerprint density at radius 2 is 1.79 bits per heavy atom. The van der Waals surface area contributed by atoms with Crippen LogP contribution >= 0.6 is 11.8 Å². The van der Waals surface area contributed by atoms with Crippen molar-refractivity contribution in [3.63, 3.8) is 0 Å². The number of fused-ring (bicyclic) bond motifs is 1. The van der Waals surface area contributed by atoms with Crippen LogP contribution in [-0.4, -0.2) is 26.5 Å². The molecule has 2 aromatic heterocycles. The molecule has 0 saturated carbocycles. The number of para-hydroxylation sites is 2. The summed E-state index contributed by atoms with van der Waals surface area (Å²) in [5.74, 6) is -1.63. The molecule has 0 aliphatic rings. The van der Waals surface area contributed by atoms with Gasteiger partial charge in [-0.2, -0.15) is 13.2 Å². The molecule has 3 aromatic rings. The number of rotatable bonds is 2. The fourth-order valence-electron chi connectivity index (χ4n) is 2.06. The number of hydrogen-bond acceptors (Lipinski definition) is 5. The monoisotopic (exact) mass is 349 g/mol. The van der Waals surface area contributed by atoms with Crippen LogP contribution in [0.25, 0.3) is 11.0 Å². The maximum atomic E-state index is 13.0. The van der Waals surface area contributed by atoms with Gasteiger partial charge in [-0.25, -0.2) is 9.97 Å². The minimum atomic E-state index is -4.88. The molecule has 2 N–H and O–H groups in total. The summed E-state index contributed by atoms with van der Waals surface area (Å²) >= 11 is 0.977. The number of nitrogens with one attached hydrogen (secondary N) is 2. The van der Waals surface area contributed by atoms with Gasteiger partial charge in [-0.15, -0.1) is 0 Å². The van der Waals surface area contributed by atoms with E-state index in [1.807, 2.05) is 0 Å². The molecule has 0 aliphatic carbocycles. The van der Waals surface area contributed by atoms with E-state index in [0.29, 0.717) is 9.59 Å². The van der Waals surface area contributed by atoms with E-state index in [1.54, 1.807) is 30.5 Å². The maximum Gasteiger partial charge on any atom is 0.449 e. The number of nitrogens with zero attached hydrogens (tertiary/aromatic N) is 3. The van der Waals surface area contributed by atoms with Crippen molar-refractivity contribution in [2.24, 2.45) is 0 Å². The molecule has 0 fully saturated rings. The first kappa shape index (κ1) is 16.2. The normalized spacial score (nSPS) is 11.6. The van der Waals surface area contributed by atoms with E-state index in [2.05, 4.69) is 9.97 Å². The largest absolute Gasteiger partial charge is 0.449 e. The molecule has 3 rings (SSSR count). The number of pyridine rings is 1. The molecule has 0 unspecified atom stereocenters. The lowest BCUT2D eigenvalue weighted by atomic mass is 10.3. The van der Waals surface area contributed by atoms with Crippen molar-refractivity contribution in [3.8, 4) is 0 Å². The highest BCUT2D eigenvalue weighted by molar-refractivity contribution is 7.99. The molecule has 0 aliphatic heterocycles. The summed E-state index contributed by atoms with van der Waals surface area (Å²) in [5, 5.41) is 16.1. The Labute approximate surface area is 138 Å². The van der Waals surface area contributed by atoms with Crippen molar-refractivity contribution in [3.05, 3.63) is 54.1 Å². The van der Waals surface area contributed by atoms with E-state index in [0.717, 1.165) is 11.8 Å². The number of hydrogen-bond donors (Lipinski definition) is 2. The van der Waals surface area contributed by atoms with Gasteiger partial charge in [0, 0.05) is 6.20 Å². The van der Waals surface area contributed by atoms with Gasteiger partial charge in [-0.3, -0.25) is 15.4 Å². The minimum absolute atomic E-state index is 0.0430. The molecule has 1 aromatic carbocycles. The number of alkyl halides is 3. The summed E-state index contributed by atoms with van der Waals surface area (Å²) in [6, 6.07) is 11.2. The van der Waals surface area contributed by atoms with E-state index in [9.17, 15) is 13.2 Å². The number of benzene rings is 1. The third-order valence-corrected chi connectivity index (χ3v) is 4.03. The van der Waals surface area contributed by atoms with Crippen LogP contribution in [0.5, 0.6) is 0 Å². The fourth-order valence-corrected chi connectivity index (χ4v) is 2.85. The van der Waals surface area contributed by atoms with Crippen LogP contribution in [0.4, 0.5) is 13.2 Å². The first-order valence-corrected chi connectivity index (χ1v) is 7.51. The maximum absolute atomic E-state index is 13.0. The predicted octanol–water partition coefficient (Wildman–Crippen LogP) is 3.45. The first-order chi connectivity index (χ1) is 11.4. The summed E-state index contributed by atoms with van der Waals surface area (Å²) in [6.07, 6.45) is -3.34. The van der Waals surface area contributed by atoms with Gasteiger partial charge in [-0.1, -0.05) is 18.2 Å². The third-order valence-electron chi connectivity index (χ3n) is 3.10. The topological polar surface area (TPSA) is 78.4 Å². The van der Waals surface area contributed by atoms with Crippen molar-refractivity contribution in [1.82, 2.24) is 14.5 Å². The lowest BCUT2D eigenvalue weighted by Gasteiger charge is -2.16. The second kappa shape index (κ2) is 6.08. The SMILES string of the molecule is N=C(n1c(=N)c(Sc2ccccn2)nc2ccccc21)C(F)(F)F. The molecule has 2 heterocycles. The van der Waals surface area contributed by atoms with Crippen LogP contribution in [0.2, 0.25) is 0 Å². The number of aromatic nitrogens is 3. The Morgan fingerprint density at radius 1 is 1.08 bits per heavy atom. The second-order valence-corrected chi connectivity index (χ2v) is 5.72. The molecular formula is C15H10F3N5S. The fraction of sp³-hybridized carbons (Fsp3) is 0.0667. The highest BCUT2D eigenvalue weighted by atomic mass is 32.2. The van der Waals surface area contributed by atoms with Gasteiger partial charge < -0.3 is 0 Å². The summed E-state index contributed by atoms with van der Waals surface area (Å²) < 4.78 is 39.6. The van der Waals surface area contributed by atoms with Crippen molar-refractivity contribution >= 4 is 28.6 Å². The van der Waals surface area contributed by atoms with E-state index < -0.39 is 17.5 Å². The van der Waals surface area contributed by atoms with Crippen molar-refractivity contribution < 1.29 is 13.2 Å². The lowest BCUT2D eigenvalue weighted by molar-refractivity contribution is -0.0624. The van der Waals surface area contributed by atoms with Gasteiger partial charge in [-0.05, 0) is 36.0 Å². The standard InChI is InChI=1S/C15H10F3N5S/c16-15(17,18)14(20)23-10-6-2-1-5-9(10)22-13(12(23)19)24-11-7-3-4-8-21-11/h1-8,19-20H.